The first-order valence-electron chi connectivity index (χ1n) is 5.61. The highest BCUT2D eigenvalue weighted by molar-refractivity contribution is 9.10. The predicted molar refractivity (Wildman–Crippen MR) is 77.9 cm³/mol. The number of hydrogen-bond donors (Lipinski definition) is 1. The first-order chi connectivity index (χ1) is 9.19. The van der Waals surface area contributed by atoms with Crippen molar-refractivity contribution in [3.05, 3.63) is 52.8 Å². The van der Waals surface area contributed by atoms with Crippen molar-refractivity contribution in [2.45, 2.75) is 0 Å². The van der Waals surface area contributed by atoms with Gasteiger partial charge in [-0.05, 0) is 52.3 Å². The van der Waals surface area contributed by atoms with Crippen molar-refractivity contribution in [3.8, 4) is 11.8 Å². The molecule has 0 unspecified atom stereocenters. The van der Waals surface area contributed by atoms with Gasteiger partial charge in [-0.3, -0.25) is 4.57 Å². The standard InChI is InChI=1S/C14H9BrN4/c15-11-5-9(7-16)1-3-13(11)19-8-18-12-6-10(17)2-4-14(12)19/h1-6,8H,17H2. The van der Waals surface area contributed by atoms with Crippen molar-refractivity contribution >= 4 is 32.7 Å². The number of imidazole rings is 1. The SMILES string of the molecule is N#Cc1ccc(-n2cnc3cc(N)ccc32)c(Br)c1. The molecule has 0 atom stereocenters. The molecular weight excluding hydrogens is 304 g/mol. The van der Waals surface area contributed by atoms with E-state index in [1.54, 1.807) is 18.5 Å². The molecule has 2 aromatic carbocycles. The van der Waals surface area contributed by atoms with E-state index in [4.69, 9.17) is 11.0 Å². The van der Waals surface area contributed by atoms with Gasteiger partial charge in [-0.25, -0.2) is 4.98 Å². The van der Waals surface area contributed by atoms with Gasteiger partial charge in [0.15, 0.2) is 0 Å². The highest BCUT2D eigenvalue weighted by Gasteiger charge is 2.08. The molecule has 1 heterocycles. The van der Waals surface area contributed by atoms with Crippen molar-refractivity contribution in [3.63, 3.8) is 0 Å². The van der Waals surface area contributed by atoms with Crippen LogP contribution in [0, 0.1) is 11.3 Å². The van der Waals surface area contributed by atoms with Gasteiger partial charge in [-0.1, -0.05) is 0 Å². The number of nitriles is 1. The summed E-state index contributed by atoms with van der Waals surface area (Å²) in [6.07, 6.45) is 1.75. The highest BCUT2D eigenvalue weighted by atomic mass is 79.9. The van der Waals surface area contributed by atoms with Crippen LogP contribution >= 0.6 is 15.9 Å². The second kappa shape index (κ2) is 4.41. The summed E-state index contributed by atoms with van der Waals surface area (Å²) in [5.41, 5.74) is 9.80. The van der Waals surface area contributed by atoms with Crippen molar-refractivity contribution in [2.75, 3.05) is 5.73 Å². The van der Waals surface area contributed by atoms with Gasteiger partial charge in [-0.15, -0.1) is 0 Å². The van der Waals surface area contributed by atoms with Crippen molar-refractivity contribution in [2.24, 2.45) is 0 Å². The van der Waals surface area contributed by atoms with Crippen LogP contribution in [-0.4, -0.2) is 9.55 Å². The molecular formula is C14H9BrN4. The molecule has 4 nitrogen and oxygen atoms in total. The lowest BCUT2D eigenvalue weighted by atomic mass is 10.2. The summed E-state index contributed by atoms with van der Waals surface area (Å²) >= 11 is 3.49. The molecule has 0 aliphatic heterocycles. The number of benzene rings is 2. The Labute approximate surface area is 118 Å². The smallest absolute Gasteiger partial charge is 0.100 e. The number of nitrogen functional groups attached to an aromatic ring is 1. The van der Waals surface area contributed by atoms with Crippen LogP contribution in [0.1, 0.15) is 5.56 Å². The maximum atomic E-state index is 8.88. The minimum atomic E-state index is 0.615. The van der Waals surface area contributed by atoms with E-state index >= 15 is 0 Å². The molecule has 3 aromatic rings. The summed E-state index contributed by atoms with van der Waals surface area (Å²) in [6.45, 7) is 0. The molecule has 19 heavy (non-hydrogen) atoms. The maximum Gasteiger partial charge on any atom is 0.100 e. The second-order valence-electron chi connectivity index (χ2n) is 4.14. The summed E-state index contributed by atoms with van der Waals surface area (Å²) in [5, 5.41) is 8.88. The Kier molecular flexibility index (Phi) is 2.73. The molecule has 0 bridgehead atoms. The van der Waals surface area contributed by atoms with Crippen molar-refractivity contribution in [1.29, 1.82) is 5.26 Å². The monoisotopic (exact) mass is 312 g/mol. The Hall–Kier alpha value is -2.32. The quantitative estimate of drug-likeness (QED) is 0.701. The molecule has 0 saturated heterocycles. The fraction of sp³-hybridized carbons (Fsp3) is 0. The van der Waals surface area contributed by atoms with Crippen LogP contribution in [0.25, 0.3) is 16.7 Å². The molecule has 92 valence electrons. The van der Waals surface area contributed by atoms with Gasteiger partial charge in [0.2, 0.25) is 0 Å². The number of nitrogens with zero attached hydrogens (tertiary/aromatic N) is 3. The number of nitrogens with two attached hydrogens (primary N) is 1. The second-order valence-corrected chi connectivity index (χ2v) is 5.00. The Morgan fingerprint density at radius 2 is 2.05 bits per heavy atom. The largest absolute Gasteiger partial charge is 0.399 e. The Morgan fingerprint density at radius 1 is 1.21 bits per heavy atom. The molecule has 0 spiro atoms. The summed E-state index contributed by atoms with van der Waals surface area (Å²) in [6, 6.07) is 13.2. The lowest BCUT2D eigenvalue weighted by molar-refractivity contribution is 1.08. The number of fused-ring (bicyclic) bond motifs is 1. The molecule has 0 amide bonds. The highest BCUT2D eigenvalue weighted by Crippen LogP contribution is 2.26. The molecule has 0 fully saturated rings. The maximum absolute atomic E-state index is 8.88. The van der Waals surface area contributed by atoms with E-state index in [-0.39, 0.29) is 0 Å². The number of aromatic nitrogens is 2. The topological polar surface area (TPSA) is 67.6 Å². The van der Waals surface area contributed by atoms with Gasteiger partial charge in [0.1, 0.15) is 6.33 Å². The van der Waals surface area contributed by atoms with Crippen molar-refractivity contribution < 1.29 is 0 Å². The van der Waals surface area contributed by atoms with E-state index in [9.17, 15) is 0 Å². The van der Waals surface area contributed by atoms with Crippen LogP contribution in [0.5, 0.6) is 0 Å². The van der Waals surface area contributed by atoms with E-state index in [1.807, 2.05) is 28.8 Å². The molecule has 2 N–H and O–H groups in total. The van der Waals surface area contributed by atoms with E-state index in [0.29, 0.717) is 11.3 Å². The van der Waals surface area contributed by atoms with Gasteiger partial charge < -0.3 is 5.73 Å². The molecule has 0 saturated carbocycles. The molecule has 5 heteroatoms. The number of anilines is 1. The van der Waals surface area contributed by atoms with Crippen LogP contribution in [0.3, 0.4) is 0 Å². The summed E-state index contributed by atoms with van der Waals surface area (Å²) in [7, 11) is 0. The Balaban J connectivity index is 2.22. The summed E-state index contributed by atoms with van der Waals surface area (Å²) in [5.74, 6) is 0. The van der Waals surface area contributed by atoms with Crippen LogP contribution in [-0.2, 0) is 0 Å². The number of halogens is 1. The minimum Gasteiger partial charge on any atom is -0.399 e. The van der Waals surface area contributed by atoms with E-state index in [0.717, 1.165) is 21.2 Å². The average molecular weight is 313 g/mol. The van der Waals surface area contributed by atoms with Gasteiger partial charge >= 0.3 is 0 Å². The van der Waals surface area contributed by atoms with E-state index in [2.05, 4.69) is 27.0 Å². The Bertz CT molecular complexity index is 814. The lowest BCUT2D eigenvalue weighted by Crippen LogP contribution is -1.94. The third-order valence-corrected chi connectivity index (χ3v) is 3.54. The number of hydrogen-bond acceptors (Lipinski definition) is 3. The lowest BCUT2D eigenvalue weighted by Gasteiger charge is -2.07. The number of rotatable bonds is 1. The van der Waals surface area contributed by atoms with Crippen LogP contribution in [0.2, 0.25) is 0 Å². The normalized spacial score (nSPS) is 10.5. The van der Waals surface area contributed by atoms with E-state index < -0.39 is 0 Å². The predicted octanol–water partition coefficient (Wildman–Crippen LogP) is 3.24. The first-order valence-corrected chi connectivity index (χ1v) is 6.41. The molecule has 0 radical (unpaired) electrons. The zero-order valence-electron chi connectivity index (χ0n) is 9.84. The summed E-state index contributed by atoms with van der Waals surface area (Å²) in [4.78, 5) is 4.34. The van der Waals surface area contributed by atoms with Gasteiger partial charge in [0, 0.05) is 10.2 Å². The molecule has 0 aliphatic rings. The minimum absolute atomic E-state index is 0.615. The van der Waals surface area contributed by atoms with Crippen molar-refractivity contribution in [1.82, 2.24) is 9.55 Å². The molecule has 1 aromatic heterocycles. The fourth-order valence-corrected chi connectivity index (χ4v) is 2.56. The Morgan fingerprint density at radius 3 is 2.79 bits per heavy atom. The van der Waals surface area contributed by atoms with Gasteiger partial charge in [0.25, 0.3) is 0 Å². The summed E-state index contributed by atoms with van der Waals surface area (Å²) < 4.78 is 2.81. The fourth-order valence-electron chi connectivity index (χ4n) is 1.99. The first kappa shape index (κ1) is 11.8. The third-order valence-electron chi connectivity index (χ3n) is 2.91. The zero-order valence-corrected chi connectivity index (χ0v) is 11.4. The van der Waals surface area contributed by atoms with Crippen LogP contribution in [0.15, 0.2) is 47.2 Å². The van der Waals surface area contributed by atoms with Gasteiger partial charge in [-0.2, -0.15) is 5.26 Å². The van der Waals surface area contributed by atoms with Crippen LogP contribution < -0.4 is 5.73 Å². The molecule has 3 rings (SSSR count). The average Bonchev–Trinajstić information content (AvgIpc) is 2.81. The third kappa shape index (κ3) is 1.96. The van der Waals surface area contributed by atoms with E-state index in [1.165, 1.54) is 0 Å². The van der Waals surface area contributed by atoms with Crippen LogP contribution in [0.4, 0.5) is 5.69 Å². The van der Waals surface area contributed by atoms with Gasteiger partial charge in [0.05, 0.1) is 28.4 Å². The molecule has 0 aliphatic carbocycles. The zero-order chi connectivity index (χ0) is 13.4.